The van der Waals surface area contributed by atoms with Gasteiger partial charge in [-0.2, -0.15) is 4.98 Å². The summed E-state index contributed by atoms with van der Waals surface area (Å²) in [6, 6.07) is 5.52. The van der Waals surface area contributed by atoms with E-state index < -0.39 is 0 Å². The molecule has 0 saturated heterocycles. The molecule has 1 atom stereocenters. The van der Waals surface area contributed by atoms with Crippen LogP contribution in [0.4, 0.5) is 0 Å². The summed E-state index contributed by atoms with van der Waals surface area (Å²) in [5.74, 6) is 1.16. The smallest absolute Gasteiger partial charge is 0.240 e. The van der Waals surface area contributed by atoms with Gasteiger partial charge in [0.1, 0.15) is 0 Å². The Hall–Kier alpha value is -0.390. The summed E-state index contributed by atoms with van der Waals surface area (Å²) in [6.45, 7) is 2.04. The highest BCUT2D eigenvalue weighted by Crippen LogP contribution is 2.30. The van der Waals surface area contributed by atoms with Crippen LogP contribution in [0.15, 0.2) is 27.2 Å². The number of nitrogens with zero attached hydrogens (tertiary/aromatic N) is 2. The zero-order valence-electron chi connectivity index (χ0n) is 8.95. The fourth-order valence-electron chi connectivity index (χ4n) is 1.29. The number of alkyl halides is 1. The van der Waals surface area contributed by atoms with Crippen LogP contribution in [0, 0.1) is 0 Å². The van der Waals surface area contributed by atoms with E-state index >= 15 is 0 Å². The van der Waals surface area contributed by atoms with Crippen molar-refractivity contribution in [3.63, 3.8) is 0 Å². The van der Waals surface area contributed by atoms with Gasteiger partial charge in [0.15, 0.2) is 0 Å². The maximum Gasteiger partial charge on any atom is 0.240 e. The predicted molar refractivity (Wildman–Crippen MR) is 74.4 cm³/mol. The van der Waals surface area contributed by atoms with Crippen LogP contribution in [0.1, 0.15) is 24.1 Å². The second-order valence-electron chi connectivity index (χ2n) is 3.46. The molecule has 0 fully saturated rings. The highest BCUT2D eigenvalue weighted by Gasteiger charge is 2.15. The molecule has 0 bridgehead atoms. The molecular formula is C11H9Br2ClN2O. The van der Waals surface area contributed by atoms with Crippen LogP contribution in [0.2, 0.25) is 5.02 Å². The summed E-state index contributed by atoms with van der Waals surface area (Å²) in [7, 11) is 0. The quantitative estimate of drug-likeness (QED) is 0.704. The number of rotatable bonds is 3. The lowest BCUT2D eigenvalue weighted by Crippen LogP contribution is -1.87. The number of hydrogen-bond donors (Lipinski definition) is 0. The third kappa shape index (κ3) is 2.89. The Morgan fingerprint density at radius 3 is 2.88 bits per heavy atom. The minimum absolute atomic E-state index is 0.0968. The van der Waals surface area contributed by atoms with Crippen molar-refractivity contribution in [1.29, 1.82) is 0 Å². The van der Waals surface area contributed by atoms with E-state index in [9.17, 15) is 0 Å². The van der Waals surface area contributed by atoms with Gasteiger partial charge in [-0.15, -0.1) is 0 Å². The summed E-state index contributed by atoms with van der Waals surface area (Å²) in [5.41, 5.74) is 0.868. The molecule has 1 aromatic carbocycles. The molecule has 3 nitrogen and oxygen atoms in total. The number of benzene rings is 1. The molecule has 6 heteroatoms. The fraction of sp³-hybridized carbons (Fsp3) is 0.273. The monoisotopic (exact) mass is 378 g/mol. The fourth-order valence-corrected chi connectivity index (χ4v) is 1.97. The Morgan fingerprint density at radius 2 is 2.24 bits per heavy atom. The van der Waals surface area contributed by atoms with Gasteiger partial charge in [-0.1, -0.05) is 39.6 Å². The van der Waals surface area contributed by atoms with E-state index in [2.05, 4.69) is 42.0 Å². The van der Waals surface area contributed by atoms with Crippen molar-refractivity contribution in [1.82, 2.24) is 10.1 Å². The Labute approximate surface area is 121 Å². The van der Waals surface area contributed by atoms with E-state index in [4.69, 9.17) is 16.1 Å². The largest absolute Gasteiger partial charge is 0.338 e. The van der Waals surface area contributed by atoms with Gasteiger partial charge < -0.3 is 4.52 Å². The maximum atomic E-state index is 5.93. The Balaban J connectivity index is 2.33. The first-order chi connectivity index (χ1) is 8.11. The van der Waals surface area contributed by atoms with Crippen molar-refractivity contribution in [2.24, 2.45) is 0 Å². The lowest BCUT2D eigenvalue weighted by molar-refractivity contribution is 0.377. The van der Waals surface area contributed by atoms with Crippen LogP contribution in [0.3, 0.4) is 0 Å². The first-order valence-electron chi connectivity index (χ1n) is 5.05. The maximum absolute atomic E-state index is 5.93. The van der Waals surface area contributed by atoms with Crippen molar-refractivity contribution < 1.29 is 4.52 Å². The molecule has 0 spiro atoms. The molecule has 0 aliphatic heterocycles. The molecular weight excluding hydrogens is 371 g/mol. The van der Waals surface area contributed by atoms with Gasteiger partial charge in [0.05, 0.1) is 9.85 Å². The third-order valence-electron chi connectivity index (χ3n) is 2.25. The van der Waals surface area contributed by atoms with Crippen LogP contribution >= 0.6 is 43.5 Å². The highest BCUT2D eigenvalue weighted by atomic mass is 79.9. The van der Waals surface area contributed by atoms with E-state index in [0.29, 0.717) is 16.7 Å². The van der Waals surface area contributed by atoms with E-state index in [1.165, 1.54) is 0 Å². The minimum Gasteiger partial charge on any atom is -0.338 e. The molecule has 0 radical (unpaired) electrons. The van der Waals surface area contributed by atoms with Gasteiger partial charge in [-0.3, -0.25) is 0 Å². The van der Waals surface area contributed by atoms with Gasteiger partial charge in [0.25, 0.3) is 0 Å². The topological polar surface area (TPSA) is 38.9 Å². The molecule has 2 rings (SSSR count). The van der Waals surface area contributed by atoms with Crippen molar-refractivity contribution in [3.05, 3.63) is 33.6 Å². The van der Waals surface area contributed by atoms with Gasteiger partial charge in [0.2, 0.25) is 11.7 Å². The Bertz CT molecular complexity index is 530. The number of halogens is 3. The molecule has 90 valence electrons. The summed E-state index contributed by atoms with van der Waals surface area (Å²) in [5, 5.41) is 4.60. The van der Waals surface area contributed by atoms with Gasteiger partial charge in [-0.05, 0) is 40.5 Å². The van der Waals surface area contributed by atoms with Crippen LogP contribution < -0.4 is 0 Å². The second kappa shape index (κ2) is 5.50. The average Bonchev–Trinajstić information content (AvgIpc) is 2.81. The van der Waals surface area contributed by atoms with Crippen molar-refractivity contribution in [3.8, 4) is 11.4 Å². The molecule has 0 aliphatic rings. The van der Waals surface area contributed by atoms with Crippen LogP contribution in [0.25, 0.3) is 11.4 Å². The minimum atomic E-state index is 0.0968. The Morgan fingerprint density at radius 1 is 1.47 bits per heavy atom. The van der Waals surface area contributed by atoms with Crippen molar-refractivity contribution >= 4 is 43.5 Å². The number of hydrogen-bond acceptors (Lipinski definition) is 3. The van der Waals surface area contributed by atoms with Crippen LogP contribution in [-0.2, 0) is 0 Å². The van der Waals surface area contributed by atoms with E-state index in [1.807, 2.05) is 19.1 Å². The zero-order valence-corrected chi connectivity index (χ0v) is 12.9. The van der Waals surface area contributed by atoms with Crippen molar-refractivity contribution in [2.45, 2.75) is 18.2 Å². The molecule has 1 aromatic heterocycles. The van der Waals surface area contributed by atoms with E-state index in [1.54, 1.807) is 6.07 Å². The molecule has 2 aromatic rings. The Kier molecular flexibility index (Phi) is 4.22. The van der Waals surface area contributed by atoms with Gasteiger partial charge in [-0.25, -0.2) is 0 Å². The van der Waals surface area contributed by atoms with E-state index in [0.717, 1.165) is 16.5 Å². The van der Waals surface area contributed by atoms with Gasteiger partial charge in [0, 0.05) is 10.0 Å². The standard InChI is InChI=1S/C11H9Br2ClN2O/c1-2-7(12)11-15-10(16-17-11)6-3-4-9(14)8(13)5-6/h3-5,7H,2H2,1H3. The molecule has 0 aliphatic carbocycles. The van der Waals surface area contributed by atoms with Crippen molar-refractivity contribution in [2.75, 3.05) is 0 Å². The third-order valence-corrected chi connectivity index (χ3v) is 4.50. The first kappa shape index (κ1) is 13.1. The molecule has 17 heavy (non-hydrogen) atoms. The molecule has 0 saturated carbocycles. The molecule has 1 unspecified atom stereocenters. The lowest BCUT2D eigenvalue weighted by atomic mass is 10.2. The predicted octanol–water partition coefficient (Wildman–Crippen LogP) is 5.00. The second-order valence-corrected chi connectivity index (χ2v) is 5.83. The summed E-state index contributed by atoms with van der Waals surface area (Å²) < 4.78 is 6.00. The zero-order chi connectivity index (χ0) is 12.4. The summed E-state index contributed by atoms with van der Waals surface area (Å²) in [6.07, 6.45) is 0.895. The van der Waals surface area contributed by atoms with Crippen LogP contribution in [0.5, 0.6) is 0 Å². The highest BCUT2D eigenvalue weighted by molar-refractivity contribution is 9.10. The number of aromatic nitrogens is 2. The van der Waals surface area contributed by atoms with E-state index in [-0.39, 0.29) is 4.83 Å². The average molecular weight is 380 g/mol. The van der Waals surface area contributed by atoms with Crippen LogP contribution in [-0.4, -0.2) is 10.1 Å². The van der Waals surface area contributed by atoms with Gasteiger partial charge >= 0.3 is 0 Å². The molecule has 0 N–H and O–H groups in total. The SMILES string of the molecule is CCC(Br)c1nc(-c2ccc(Cl)c(Br)c2)no1. The summed E-state index contributed by atoms with van der Waals surface area (Å²) in [4.78, 5) is 4.43. The lowest BCUT2D eigenvalue weighted by Gasteiger charge is -1.98. The summed E-state index contributed by atoms with van der Waals surface area (Å²) >= 11 is 12.8. The molecule has 1 heterocycles. The first-order valence-corrected chi connectivity index (χ1v) is 7.13. The normalized spacial score (nSPS) is 12.7. The molecule has 0 amide bonds.